The first-order valence-electron chi connectivity index (χ1n) is 7.78. The van der Waals surface area contributed by atoms with Gasteiger partial charge in [0, 0.05) is 26.2 Å². The fourth-order valence-corrected chi connectivity index (χ4v) is 4.08. The molecule has 3 heteroatoms. The molecule has 0 aromatic rings. The number of hydrogen-bond donors (Lipinski definition) is 1. The highest BCUT2D eigenvalue weighted by molar-refractivity contribution is 4.97. The molecule has 2 aliphatic heterocycles. The van der Waals surface area contributed by atoms with E-state index in [1.54, 1.807) is 0 Å². The summed E-state index contributed by atoms with van der Waals surface area (Å²) in [6.07, 6.45) is 1.31. The highest BCUT2D eigenvalue weighted by atomic mass is 16.5. The topological polar surface area (TPSA) is 24.5 Å². The number of hydrogen-bond acceptors (Lipinski definition) is 3. The van der Waals surface area contributed by atoms with Gasteiger partial charge < -0.3 is 10.1 Å². The Labute approximate surface area is 119 Å². The van der Waals surface area contributed by atoms with Crippen molar-refractivity contribution in [3.05, 3.63) is 0 Å². The van der Waals surface area contributed by atoms with Crippen LogP contribution in [0.5, 0.6) is 0 Å². The van der Waals surface area contributed by atoms with Gasteiger partial charge in [0.1, 0.15) is 0 Å². The maximum absolute atomic E-state index is 6.19. The fourth-order valence-electron chi connectivity index (χ4n) is 4.08. The van der Waals surface area contributed by atoms with E-state index in [2.05, 4.69) is 51.8 Å². The van der Waals surface area contributed by atoms with Gasteiger partial charge in [0.15, 0.2) is 0 Å². The van der Waals surface area contributed by atoms with Crippen molar-refractivity contribution < 1.29 is 4.74 Å². The minimum atomic E-state index is -0.0358. The average Bonchev–Trinajstić information content (AvgIpc) is 2.61. The van der Waals surface area contributed by atoms with Crippen molar-refractivity contribution in [3.8, 4) is 0 Å². The predicted molar refractivity (Wildman–Crippen MR) is 80.4 cm³/mol. The molecule has 0 bridgehead atoms. The van der Waals surface area contributed by atoms with E-state index in [0.29, 0.717) is 5.41 Å². The van der Waals surface area contributed by atoms with Gasteiger partial charge in [-0.1, -0.05) is 13.8 Å². The van der Waals surface area contributed by atoms with Crippen molar-refractivity contribution in [2.24, 2.45) is 11.3 Å². The molecule has 0 aromatic carbocycles. The van der Waals surface area contributed by atoms with Crippen LogP contribution in [0.2, 0.25) is 0 Å². The monoisotopic (exact) mass is 268 g/mol. The zero-order valence-corrected chi connectivity index (χ0v) is 13.7. The van der Waals surface area contributed by atoms with E-state index in [0.717, 1.165) is 19.0 Å². The second kappa shape index (κ2) is 5.01. The van der Waals surface area contributed by atoms with Crippen molar-refractivity contribution in [2.45, 2.75) is 59.2 Å². The van der Waals surface area contributed by atoms with Crippen LogP contribution < -0.4 is 5.32 Å². The van der Waals surface area contributed by atoms with Gasteiger partial charge in [0.25, 0.3) is 0 Å². The summed E-state index contributed by atoms with van der Waals surface area (Å²) in [5.41, 5.74) is 0.376. The van der Waals surface area contributed by atoms with Crippen LogP contribution in [0.1, 0.15) is 48.0 Å². The predicted octanol–water partition coefficient (Wildman–Crippen LogP) is 2.51. The molecule has 0 aromatic heterocycles. The van der Waals surface area contributed by atoms with Crippen LogP contribution in [0.4, 0.5) is 0 Å². The summed E-state index contributed by atoms with van der Waals surface area (Å²) in [5, 5.41) is 3.57. The Morgan fingerprint density at radius 1 is 1.11 bits per heavy atom. The second-order valence-corrected chi connectivity index (χ2v) is 8.21. The molecule has 0 radical (unpaired) electrons. The Bertz CT molecular complexity index is 301. The molecule has 2 heterocycles. The van der Waals surface area contributed by atoms with E-state index >= 15 is 0 Å². The van der Waals surface area contributed by atoms with E-state index in [1.165, 1.54) is 26.1 Å². The van der Waals surface area contributed by atoms with Crippen molar-refractivity contribution in [1.29, 1.82) is 0 Å². The van der Waals surface area contributed by atoms with Crippen LogP contribution in [0.25, 0.3) is 0 Å². The third kappa shape index (κ3) is 3.50. The molecule has 0 amide bonds. The maximum atomic E-state index is 6.19. The number of morpholine rings is 1. The minimum absolute atomic E-state index is 0.0358. The van der Waals surface area contributed by atoms with E-state index in [1.807, 2.05) is 0 Å². The van der Waals surface area contributed by atoms with Crippen LogP contribution >= 0.6 is 0 Å². The molecule has 2 fully saturated rings. The van der Waals surface area contributed by atoms with Gasteiger partial charge in [0.05, 0.1) is 11.2 Å². The summed E-state index contributed by atoms with van der Waals surface area (Å²) in [6.45, 7) is 19.3. The molecular weight excluding hydrogens is 236 g/mol. The summed E-state index contributed by atoms with van der Waals surface area (Å²) < 4.78 is 6.19. The smallest absolute Gasteiger partial charge is 0.0760 e. The molecule has 0 aliphatic carbocycles. The van der Waals surface area contributed by atoms with Crippen LogP contribution in [0.15, 0.2) is 0 Å². The zero-order chi connectivity index (χ0) is 14.3. The average molecular weight is 268 g/mol. The second-order valence-electron chi connectivity index (χ2n) is 8.21. The Balaban J connectivity index is 2.09. The lowest BCUT2D eigenvalue weighted by atomic mass is 9.75. The molecule has 2 aliphatic rings. The van der Waals surface area contributed by atoms with Gasteiger partial charge in [-0.3, -0.25) is 4.90 Å². The third-order valence-corrected chi connectivity index (χ3v) is 4.80. The van der Waals surface area contributed by atoms with E-state index in [-0.39, 0.29) is 11.2 Å². The molecule has 0 spiro atoms. The molecule has 1 atom stereocenters. The highest BCUT2D eigenvalue weighted by Gasteiger charge is 2.43. The summed E-state index contributed by atoms with van der Waals surface area (Å²) in [5.74, 6) is 0.733. The quantitative estimate of drug-likeness (QED) is 0.851. The molecule has 1 N–H and O–H groups in total. The Morgan fingerprint density at radius 3 is 2.11 bits per heavy atom. The Kier molecular flexibility index (Phi) is 4.03. The number of ether oxygens (including phenoxy) is 1. The van der Waals surface area contributed by atoms with E-state index < -0.39 is 0 Å². The van der Waals surface area contributed by atoms with Gasteiger partial charge in [0.2, 0.25) is 0 Å². The first kappa shape index (κ1) is 15.3. The van der Waals surface area contributed by atoms with Gasteiger partial charge in [-0.15, -0.1) is 0 Å². The Morgan fingerprint density at radius 2 is 1.68 bits per heavy atom. The number of nitrogens with zero attached hydrogens (tertiary/aromatic N) is 1. The van der Waals surface area contributed by atoms with E-state index in [9.17, 15) is 0 Å². The molecule has 2 rings (SSSR count). The highest BCUT2D eigenvalue weighted by Crippen LogP contribution is 2.37. The molecule has 0 saturated carbocycles. The summed E-state index contributed by atoms with van der Waals surface area (Å²) in [6, 6.07) is 0. The lowest BCUT2D eigenvalue weighted by molar-refractivity contribution is -0.185. The SMILES string of the molecule is CC(C)C1(CN2CC(C)(C)OC(C)(C)C2)CCNC1. The van der Waals surface area contributed by atoms with Crippen LogP contribution in [-0.2, 0) is 4.74 Å². The van der Waals surface area contributed by atoms with Gasteiger partial charge in [-0.2, -0.15) is 0 Å². The van der Waals surface area contributed by atoms with Gasteiger partial charge >= 0.3 is 0 Å². The van der Waals surface area contributed by atoms with Crippen molar-refractivity contribution in [2.75, 3.05) is 32.7 Å². The molecule has 19 heavy (non-hydrogen) atoms. The summed E-state index contributed by atoms with van der Waals surface area (Å²) in [4.78, 5) is 2.64. The standard InChI is InChI=1S/C16H32N2O/c1-13(2)16(7-8-17-9-16)12-18-10-14(3,4)19-15(5,6)11-18/h13,17H,7-12H2,1-6H3. The Hall–Kier alpha value is -0.120. The van der Waals surface area contributed by atoms with Crippen molar-refractivity contribution in [3.63, 3.8) is 0 Å². The van der Waals surface area contributed by atoms with Crippen molar-refractivity contribution in [1.82, 2.24) is 10.2 Å². The van der Waals surface area contributed by atoms with Gasteiger partial charge in [-0.25, -0.2) is 0 Å². The van der Waals surface area contributed by atoms with E-state index in [4.69, 9.17) is 4.74 Å². The first-order chi connectivity index (χ1) is 8.64. The van der Waals surface area contributed by atoms with Crippen LogP contribution in [0.3, 0.4) is 0 Å². The molecule has 112 valence electrons. The molecule has 2 saturated heterocycles. The lowest BCUT2D eigenvalue weighted by Crippen LogP contribution is -2.59. The maximum Gasteiger partial charge on any atom is 0.0760 e. The first-order valence-corrected chi connectivity index (χ1v) is 7.78. The number of nitrogens with one attached hydrogen (secondary N) is 1. The summed E-state index contributed by atoms with van der Waals surface area (Å²) in [7, 11) is 0. The minimum Gasteiger partial charge on any atom is -0.367 e. The van der Waals surface area contributed by atoms with Crippen LogP contribution in [0, 0.1) is 11.3 Å². The summed E-state index contributed by atoms with van der Waals surface area (Å²) >= 11 is 0. The molecule has 1 unspecified atom stereocenters. The molecule has 3 nitrogen and oxygen atoms in total. The number of rotatable bonds is 3. The fraction of sp³-hybridized carbons (Fsp3) is 1.00. The lowest BCUT2D eigenvalue weighted by Gasteiger charge is -2.50. The van der Waals surface area contributed by atoms with Gasteiger partial charge in [-0.05, 0) is 52.0 Å². The third-order valence-electron chi connectivity index (χ3n) is 4.80. The van der Waals surface area contributed by atoms with Crippen molar-refractivity contribution >= 4 is 0 Å². The molecular formula is C16H32N2O. The largest absolute Gasteiger partial charge is 0.367 e. The zero-order valence-electron chi connectivity index (χ0n) is 13.7. The van der Waals surface area contributed by atoms with Crippen LogP contribution in [-0.4, -0.2) is 48.8 Å². The normalized spacial score (nSPS) is 34.9.